The molecule has 0 spiro atoms. The Morgan fingerprint density at radius 2 is 0.934 bits per heavy atom. The van der Waals surface area contributed by atoms with Crippen LogP contribution in [0.5, 0.6) is 0 Å². The highest BCUT2D eigenvalue weighted by Gasteiger charge is 2.22. The number of para-hydroxylation sites is 4. The molecule has 1 atom stereocenters. The van der Waals surface area contributed by atoms with Crippen LogP contribution in [-0.2, 0) is 6.42 Å². The van der Waals surface area contributed by atoms with E-state index in [9.17, 15) is 0 Å². The van der Waals surface area contributed by atoms with E-state index in [-0.39, 0.29) is 0 Å². The predicted molar refractivity (Wildman–Crippen MR) is 260 cm³/mol. The summed E-state index contributed by atoms with van der Waals surface area (Å²) in [4.78, 5) is 2.37. The first-order chi connectivity index (χ1) is 30.1. The van der Waals surface area contributed by atoms with Gasteiger partial charge in [0.2, 0.25) is 0 Å². The van der Waals surface area contributed by atoms with E-state index in [0.717, 1.165) is 40.5 Å². The second-order valence-electron chi connectivity index (χ2n) is 16.2. The largest absolute Gasteiger partial charge is 0.313 e. The first-order valence-corrected chi connectivity index (χ1v) is 21.4. The quantitative estimate of drug-likeness (QED) is 0.140. The maximum atomic E-state index is 2.43. The van der Waals surface area contributed by atoms with Crippen molar-refractivity contribution in [2.45, 2.75) is 27.2 Å². The van der Waals surface area contributed by atoms with Crippen LogP contribution in [0, 0.1) is 12.8 Å². The van der Waals surface area contributed by atoms with Crippen molar-refractivity contribution in [2.75, 3.05) is 4.90 Å². The van der Waals surface area contributed by atoms with E-state index in [1.807, 2.05) is 6.92 Å². The predicted octanol–water partition coefficient (Wildman–Crippen LogP) is 15.2. The van der Waals surface area contributed by atoms with Crippen LogP contribution in [0.1, 0.15) is 36.4 Å². The van der Waals surface area contributed by atoms with Crippen LogP contribution in [-0.4, -0.2) is 13.7 Å². The average molecular weight is 787 g/mol. The Morgan fingerprint density at radius 3 is 1.48 bits per heavy atom. The van der Waals surface area contributed by atoms with Gasteiger partial charge >= 0.3 is 0 Å². The molecule has 0 aliphatic heterocycles. The minimum Gasteiger partial charge on any atom is -0.313 e. The Kier molecular flexibility index (Phi) is 8.93. The Morgan fingerprint density at radius 1 is 0.492 bits per heavy atom. The van der Waals surface area contributed by atoms with Gasteiger partial charge in [0.25, 0.3) is 0 Å². The van der Waals surface area contributed by atoms with Crippen LogP contribution in [0.3, 0.4) is 0 Å². The lowest BCUT2D eigenvalue weighted by Crippen LogP contribution is -2.11. The summed E-state index contributed by atoms with van der Waals surface area (Å²) < 4.78 is 7.19. The second-order valence-corrected chi connectivity index (χ2v) is 16.2. The first kappa shape index (κ1) is 36.5. The third-order valence-electron chi connectivity index (χ3n) is 12.5. The smallest absolute Gasteiger partial charge is 0.0541 e. The van der Waals surface area contributed by atoms with Crippen LogP contribution < -0.4 is 4.90 Å². The van der Waals surface area contributed by atoms with Crippen molar-refractivity contribution in [1.82, 2.24) is 13.7 Å². The highest BCUT2D eigenvalue weighted by molar-refractivity contribution is 6.09. The molecule has 3 heterocycles. The van der Waals surface area contributed by atoms with Crippen molar-refractivity contribution in [1.29, 1.82) is 0 Å². The number of hydrogen-bond donors (Lipinski definition) is 0. The average Bonchev–Trinajstić information content (AvgIpc) is 3.92. The number of hydrogen-bond acceptors (Lipinski definition) is 1. The molecule has 0 radical (unpaired) electrons. The van der Waals surface area contributed by atoms with E-state index in [2.05, 4.69) is 239 Å². The van der Waals surface area contributed by atoms with Gasteiger partial charge in [-0.1, -0.05) is 110 Å². The molecular weight excluding hydrogens is 741 g/mol. The van der Waals surface area contributed by atoms with Gasteiger partial charge in [-0.25, -0.2) is 0 Å². The zero-order chi connectivity index (χ0) is 41.0. The summed E-state index contributed by atoms with van der Waals surface area (Å²) in [6.45, 7) is 6.57. The maximum Gasteiger partial charge on any atom is 0.0541 e. The van der Waals surface area contributed by atoms with Crippen molar-refractivity contribution in [2.24, 2.45) is 5.92 Å². The fourth-order valence-electron chi connectivity index (χ4n) is 9.74. The summed E-state index contributed by atoms with van der Waals surface area (Å²) in [6, 6.07) is 62.1. The topological polar surface area (TPSA) is 18.0 Å². The minimum atomic E-state index is 0.526. The molecule has 4 nitrogen and oxygen atoms in total. The van der Waals surface area contributed by atoms with E-state index in [1.165, 1.54) is 66.1 Å². The van der Waals surface area contributed by atoms with E-state index < -0.39 is 0 Å². The van der Waals surface area contributed by atoms with Crippen LogP contribution >= 0.6 is 0 Å². The number of benzene rings is 7. The lowest BCUT2D eigenvalue weighted by atomic mass is 9.93. The molecule has 1 aliphatic rings. The SMILES string of the molecule is C/C=C\C=C/c1c(C)n(-c2ccc(N(c3ccc(-n4c5c(c6ccccc64)C[C@@H](C)C=C5)cc3)c3ccc(-n4c5ccccc5c5ccccc54)cc3)cc2)c2ccccc12. The van der Waals surface area contributed by atoms with Crippen LogP contribution in [0.4, 0.5) is 17.1 Å². The van der Waals surface area contributed by atoms with Crippen LogP contribution in [0.2, 0.25) is 0 Å². The maximum absolute atomic E-state index is 2.43. The monoisotopic (exact) mass is 786 g/mol. The van der Waals surface area contributed by atoms with Gasteiger partial charge in [0.15, 0.2) is 0 Å². The summed E-state index contributed by atoms with van der Waals surface area (Å²) in [5.74, 6) is 0.526. The molecule has 4 heteroatoms. The molecule has 0 amide bonds. The fourth-order valence-corrected chi connectivity index (χ4v) is 9.74. The van der Waals surface area contributed by atoms with Crippen LogP contribution in [0.15, 0.2) is 194 Å². The molecule has 0 bridgehead atoms. The van der Waals surface area contributed by atoms with Gasteiger partial charge in [-0.15, -0.1) is 0 Å². The summed E-state index contributed by atoms with van der Waals surface area (Å²) in [6.07, 6.45) is 14.2. The molecule has 0 saturated carbocycles. The third-order valence-corrected chi connectivity index (χ3v) is 12.5. The molecule has 0 N–H and O–H groups in total. The molecule has 7 aromatic carbocycles. The zero-order valence-corrected chi connectivity index (χ0v) is 34.7. The molecule has 0 saturated heterocycles. The van der Waals surface area contributed by atoms with Gasteiger partial charge < -0.3 is 18.6 Å². The van der Waals surface area contributed by atoms with Crippen molar-refractivity contribution in [3.05, 3.63) is 217 Å². The lowest BCUT2D eigenvalue weighted by molar-refractivity contribution is 0.718. The zero-order valence-electron chi connectivity index (χ0n) is 34.7. The van der Waals surface area contributed by atoms with E-state index >= 15 is 0 Å². The Labute approximate surface area is 356 Å². The van der Waals surface area contributed by atoms with Crippen molar-refractivity contribution in [3.63, 3.8) is 0 Å². The Balaban J connectivity index is 1.03. The lowest BCUT2D eigenvalue weighted by Gasteiger charge is -2.26. The van der Waals surface area contributed by atoms with Gasteiger partial charge in [-0.05, 0) is 135 Å². The van der Waals surface area contributed by atoms with Crippen LogP contribution in [0.25, 0.3) is 72.8 Å². The normalized spacial score (nSPS) is 14.0. The fraction of sp³-hybridized carbons (Fsp3) is 0.0877. The standard InChI is InChI=1S/C57H46N4/c1-4-5-6-15-47-40(3)58(53-20-11-7-16-48(47)53)41-25-27-42(28-26-41)59(43-29-33-45(34-30-43)60-54-21-12-8-17-49(54)50-18-9-13-22-55(50)60)44-31-35-46(36-32-44)61-56-23-14-10-19-51(56)52-38-39(2)24-37-57(52)61/h4-37,39H,38H2,1-3H3/b5-4-,15-6-/t39-/m0/s1. The summed E-state index contributed by atoms with van der Waals surface area (Å²) in [5, 5.41) is 5.11. The highest BCUT2D eigenvalue weighted by atomic mass is 15.1. The molecule has 3 aromatic heterocycles. The number of allylic oxidation sites excluding steroid dienone is 4. The van der Waals surface area contributed by atoms with Gasteiger partial charge in [-0.2, -0.15) is 0 Å². The number of aromatic nitrogens is 3. The molecule has 0 unspecified atom stereocenters. The molecule has 61 heavy (non-hydrogen) atoms. The Bertz CT molecular complexity index is 3290. The summed E-state index contributed by atoms with van der Waals surface area (Å²) >= 11 is 0. The number of anilines is 3. The van der Waals surface area contributed by atoms with E-state index in [4.69, 9.17) is 0 Å². The van der Waals surface area contributed by atoms with E-state index in [1.54, 1.807) is 0 Å². The van der Waals surface area contributed by atoms with Crippen molar-refractivity contribution >= 4 is 72.8 Å². The first-order valence-electron chi connectivity index (χ1n) is 21.4. The summed E-state index contributed by atoms with van der Waals surface area (Å²) in [7, 11) is 0. The van der Waals surface area contributed by atoms with Crippen molar-refractivity contribution in [3.8, 4) is 17.1 Å². The molecule has 10 aromatic rings. The van der Waals surface area contributed by atoms with Crippen molar-refractivity contribution < 1.29 is 0 Å². The Hall–Kier alpha value is -7.56. The van der Waals surface area contributed by atoms with E-state index in [0.29, 0.717) is 5.92 Å². The number of rotatable bonds is 8. The van der Waals surface area contributed by atoms with Gasteiger partial charge in [0.1, 0.15) is 0 Å². The molecule has 11 rings (SSSR count). The number of fused-ring (bicyclic) bond motifs is 7. The number of nitrogens with zero attached hydrogens (tertiary/aromatic N) is 4. The third kappa shape index (κ3) is 6.05. The molecular formula is C57H46N4. The van der Waals surface area contributed by atoms with Gasteiger partial charge in [0.05, 0.1) is 22.1 Å². The molecule has 294 valence electrons. The van der Waals surface area contributed by atoms with Gasteiger partial charge in [0, 0.05) is 72.6 Å². The minimum absolute atomic E-state index is 0.526. The summed E-state index contributed by atoms with van der Waals surface area (Å²) in [5.41, 5.74) is 16.7. The molecule has 1 aliphatic carbocycles. The highest BCUT2D eigenvalue weighted by Crippen LogP contribution is 2.40. The van der Waals surface area contributed by atoms with Gasteiger partial charge in [-0.3, -0.25) is 0 Å². The molecule has 0 fully saturated rings. The second kappa shape index (κ2) is 14.9.